The molecule has 264 valence electrons. The lowest BCUT2D eigenvalue weighted by Crippen LogP contribution is -2.15. The van der Waals surface area contributed by atoms with Crippen LogP contribution in [0.4, 0.5) is 17.1 Å². The summed E-state index contributed by atoms with van der Waals surface area (Å²) >= 11 is 0. The smallest absolute Gasteiger partial charge is 0.0540 e. The molecular weight excluding hydrogens is 675 g/mol. The maximum absolute atomic E-state index is 2.46. The fourth-order valence-corrected chi connectivity index (χ4v) is 9.53. The van der Waals surface area contributed by atoms with Crippen molar-refractivity contribution in [2.75, 3.05) is 4.90 Å². The van der Waals surface area contributed by atoms with Gasteiger partial charge in [0.2, 0.25) is 0 Å². The number of rotatable bonds is 5. The molecule has 1 aliphatic carbocycles. The average Bonchev–Trinajstić information content (AvgIpc) is 3.48. The highest BCUT2D eigenvalue weighted by Gasteiger charge is 2.35. The minimum Gasteiger partial charge on any atom is -0.310 e. The number of nitrogens with zero attached hydrogens (tertiary/aromatic N) is 1. The van der Waals surface area contributed by atoms with Gasteiger partial charge < -0.3 is 4.90 Å². The van der Waals surface area contributed by atoms with Gasteiger partial charge >= 0.3 is 0 Å². The first-order valence-electron chi connectivity index (χ1n) is 19.6. The normalized spacial score (nSPS) is 13.0. The van der Waals surface area contributed by atoms with Crippen LogP contribution in [0.25, 0.3) is 76.5 Å². The van der Waals surface area contributed by atoms with E-state index in [4.69, 9.17) is 0 Å². The van der Waals surface area contributed by atoms with Crippen molar-refractivity contribution < 1.29 is 0 Å². The first-order valence-corrected chi connectivity index (χ1v) is 19.6. The zero-order chi connectivity index (χ0) is 37.4. The molecule has 0 radical (unpaired) electrons. The molecule has 56 heavy (non-hydrogen) atoms. The Morgan fingerprint density at radius 1 is 0.339 bits per heavy atom. The summed E-state index contributed by atoms with van der Waals surface area (Å²) < 4.78 is 0. The van der Waals surface area contributed by atoms with E-state index in [2.05, 4.69) is 219 Å². The summed E-state index contributed by atoms with van der Waals surface area (Å²) in [7, 11) is 0. The van der Waals surface area contributed by atoms with Crippen molar-refractivity contribution >= 4 is 60.2 Å². The minimum atomic E-state index is -0.0637. The van der Waals surface area contributed by atoms with E-state index in [1.165, 1.54) is 87.6 Å². The molecule has 1 nitrogen and oxygen atoms in total. The topological polar surface area (TPSA) is 3.24 Å². The molecule has 0 saturated carbocycles. The quantitative estimate of drug-likeness (QED) is 0.161. The van der Waals surface area contributed by atoms with E-state index in [1.54, 1.807) is 0 Å². The van der Waals surface area contributed by atoms with Crippen molar-refractivity contribution in [2.24, 2.45) is 0 Å². The molecule has 0 aliphatic heterocycles. The van der Waals surface area contributed by atoms with Crippen molar-refractivity contribution in [1.82, 2.24) is 0 Å². The Kier molecular flexibility index (Phi) is 7.28. The van der Waals surface area contributed by atoms with Crippen molar-refractivity contribution in [3.8, 4) is 33.4 Å². The maximum atomic E-state index is 2.46. The molecule has 10 aromatic rings. The summed E-state index contributed by atoms with van der Waals surface area (Å²) in [6.07, 6.45) is 0. The molecule has 0 saturated heterocycles. The molecule has 0 fully saturated rings. The number of benzene rings is 10. The van der Waals surface area contributed by atoms with E-state index >= 15 is 0 Å². The molecule has 0 aromatic heterocycles. The molecule has 0 heterocycles. The van der Waals surface area contributed by atoms with Crippen LogP contribution in [0, 0.1) is 0 Å². The first-order chi connectivity index (χ1) is 27.5. The highest BCUT2D eigenvalue weighted by Crippen LogP contribution is 2.51. The van der Waals surface area contributed by atoms with Crippen LogP contribution >= 0.6 is 0 Å². The molecule has 0 unspecified atom stereocenters. The molecule has 0 spiro atoms. The van der Waals surface area contributed by atoms with Crippen LogP contribution in [0.1, 0.15) is 25.0 Å². The second-order valence-corrected chi connectivity index (χ2v) is 15.7. The Bertz CT molecular complexity index is 3150. The van der Waals surface area contributed by atoms with Crippen molar-refractivity contribution in [3.05, 3.63) is 211 Å². The van der Waals surface area contributed by atoms with Gasteiger partial charge in [-0.2, -0.15) is 0 Å². The number of hydrogen-bond donors (Lipinski definition) is 0. The van der Waals surface area contributed by atoms with Crippen molar-refractivity contribution in [1.29, 1.82) is 0 Å². The zero-order valence-electron chi connectivity index (χ0n) is 31.5. The van der Waals surface area contributed by atoms with Crippen LogP contribution in [0.5, 0.6) is 0 Å². The molecule has 0 N–H and O–H groups in total. The SMILES string of the molecule is CC1(C)c2ccccc2-c2cc(N(c3ccc(-c4cc5ccccc5c5c4ccc4ccccc45)cc3)c3ccccc3-c3cccc4ccccc34)ccc21. The third-order valence-electron chi connectivity index (χ3n) is 12.2. The average molecular weight is 714 g/mol. The molecule has 0 amide bonds. The van der Waals surface area contributed by atoms with Gasteiger partial charge in [-0.15, -0.1) is 0 Å². The molecule has 10 aromatic carbocycles. The fourth-order valence-electron chi connectivity index (χ4n) is 9.53. The van der Waals surface area contributed by atoms with E-state index < -0.39 is 0 Å². The van der Waals surface area contributed by atoms with E-state index in [9.17, 15) is 0 Å². The lowest BCUT2D eigenvalue weighted by molar-refractivity contribution is 0.660. The molecule has 1 heteroatoms. The predicted molar refractivity (Wildman–Crippen MR) is 240 cm³/mol. The Balaban J connectivity index is 1.12. The lowest BCUT2D eigenvalue weighted by Gasteiger charge is -2.29. The highest BCUT2D eigenvalue weighted by atomic mass is 15.1. The molecule has 0 atom stereocenters. The number of para-hydroxylation sites is 1. The van der Waals surface area contributed by atoms with Gasteiger partial charge in [0.1, 0.15) is 0 Å². The summed E-state index contributed by atoms with van der Waals surface area (Å²) in [4.78, 5) is 2.46. The third kappa shape index (κ3) is 4.94. The molecular formula is C55H39N. The van der Waals surface area contributed by atoms with E-state index in [0.29, 0.717) is 0 Å². The summed E-state index contributed by atoms with van der Waals surface area (Å²) in [5.41, 5.74) is 13.6. The van der Waals surface area contributed by atoms with Gasteiger partial charge in [0, 0.05) is 22.4 Å². The maximum Gasteiger partial charge on any atom is 0.0540 e. The van der Waals surface area contributed by atoms with Crippen molar-refractivity contribution in [2.45, 2.75) is 19.3 Å². The summed E-state index contributed by atoms with van der Waals surface area (Å²) in [5, 5.41) is 10.2. The van der Waals surface area contributed by atoms with Crippen molar-refractivity contribution in [3.63, 3.8) is 0 Å². The van der Waals surface area contributed by atoms with Crippen LogP contribution in [-0.4, -0.2) is 0 Å². The van der Waals surface area contributed by atoms with Gasteiger partial charge in [0.05, 0.1) is 5.69 Å². The van der Waals surface area contributed by atoms with Gasteiger partial charge in [-0.3, -0.25) is 0 Å². The summed E-state index contributed by atoms with van der Waals surface area (Å²) in [6, 6.07) is 74.0. The summed E-state index contributed by atoms with van der Waals surface area (Å²) in [6.45, 7) is 4.70. The lowest BCUT2D eigenvalue weighted by atomic mass is 9.82. The Hall–Kier alpha value is -6.96. The largest absolute Gasteiger partial charge is 0.310 e. The van der Waals surface area contributed by atoms with Crippen LogP contribution < -0.4 is 4.90 Å². The van der Waals surface area contributed by atoms with E-state index in [-0.39, 0.29) is 5.41 Å². The minimum absolute atomic E-state index is 0.0637. The Morgan fingerprint density at radius 2 is 0.911 bits per heavy atom. The van der Waals surface area contributed by atoms with Crippen LogP contribution in [-0.2, 0) is 5.41 Å². The van der Waals surface area contributed by atoms with Crippen LogP contribution in [0.15, 0.2) is 200 Å². The third-order valence-corrected chi connectivity index (χ3v) is 12.2. The van der Waals surface area contributed by atoms with Gasteiger partial charge in [-0.05, 0) is 118 Å². The monoisotopic (exact) mass is 713 g/mol. The fraction of sp³-hybridized carbons (Fsp3) is 0.0545. The number of anilines is 3. The van der Waals surface area contributed by atoms with E-state index in [1.807, 2.05) is 0 Å². The van der Waals surface area contributed by atoms with Gasteiger partial charge in [-0.1, -0.05) is 178 Å². The molecule has 0 bridgehead atoms. The molecule has 11 rings (SSSR count). The highest BCUT2D eigenvalue weighted by molar-refractivity contribution is 6.24. The number of fused-ring (bicyclic) bond motifs is 9. The van der Waals surface area contributed by atoms with Gasteiger partial charge in [0.15, 0.2) is 0 Å². The van der Waals surface area contributed by atoms with E-state index in [0.717, 1.165) is 17.1 Å². The number of hydrogen-bond acceptors (Lipinski definition) is 1. The van der Waals surface area contributed by atoms with Gasteiger partial charge in [0.25, 0.3) is 0 Å². The Labute approximate surface area is 327 Å². The van der Waals surface area contributed by atoms with Crippen LogP contribution in [0.2, 0.25) is 0 Å². The second-order valence-electron chi connectivity index (χ2n) is 15.7. The first kappa shape index (κ1) is 32.5. The zero-order valence-corrected chi connectivity index (χ0v) is 31.5. The summed E-state index contributed by atoms with van der Waals surface area (Å²) in [5.74, 6) is 0. The predicted octanol–water partition coefficient (Wildman–Crippen LogP) is 15.4. The van der Waals surface area contributed by atoms with Gasteiger partial charge in [-0.25, -0.2) is 0 Å². The second kappa shape index (κ2) is 12.5. The Morgan fingerprint density at radius 3 is 1.71 bits per heavy atom. The standard InChI is InChI=1S/C55H39N/c1-55(2)51-24-11-9-21-46(51)50-35-41(31-33-52(50)55)56(53-25-12-10-22-47(53)45-23-13-17-36-14-3-6-18-42(36)45)40-29-26-38(27-30-40)49-34-39-16-5-8-20-44(39)54-43-19-7-4-15-37(43)28-32-48(49)54/h3-35H,1-2H3. The van der Waals surface area contributed by atoms with Crippen LogP contribution in [0.3, 0.4) is 0 Å². The molecule has 1 aliphatic rings.